The number of esters is 1. The number of para-hydroxylation sites is 2. The van der Waals surface area contributed by atoms with E-state index in [9.17, 15) is 9.59 Å². The van der Waals surface area contributed by atoms with Crippen LogP contribution in [0.1, 0.15) is 40.1 Å². The summed E-state index contributed by atoms with van der Waals surface area (Å²) in [5.74, 6) is -0.482. The van der Waals surface area contributed by atoms with Gasteiger partial charge in [-0.1, -0.05) is 54.1 Å². The molecule has 0 saturated heterocycles. The second kappa shape index (κ2) is 9.68. The van der Waals surface area contributed by atoms with E-state index in [0.29, 0.717) is 22.8 Å². The van der Waals surface area contributed by atoms with E-state index in [1.54, 1.807) is 36.1 Å². The van der Waals surface area contributed by atoms with Crippen LogP contribution in [-0.2, 0) is 11.3 Å². The minimum absolute atomic E-state index is 0.248. The molecule has 6 nitrogen and oxygen atoms in total. The van der Waals surface area contributed by atoms with Gasteiger partial charge >= 0.3 is 12.0 Å². The lowest BCUT2D eigenvalue weighted by atomic mass is 10.0. The molecule has 7 heteroatoms. The number of fused-ring (bicyclic) bond motifs is 3. The maximum atomic E-state index is 13.9. The van der Waals surface area contributed by atoms with Crippen LogP contribution in [0.2, 0.25) is 5.02 Å². The minimum atomic E-state index is -0.482. The normalized spacial score (nSPS) is 14.5. The largest absolute Gasteiger partial charge is 0.462 e. The molecule has 0 bridgehead atoms. The number of nitrogens with one attached hydrogen (secondary N) is 1. The fourth-order valence-electron chi connectivity index (χ4n) is 4.53. The van der Waals surface area contributed by atoms with Gasteiger partial charge in [-0.2, -0.15) is 0 Å². The summed E-state index contributed by atoms with van der Waals surface area (Å²) < 4.78 is 7.29. The molecule has 1 aliphatic heterocycles. The van der Waals surface area contributed by atoms with Gasteiger partial charge in [-0.3, -0.25) is 0 Å². The Morgan fingerprint density at radius 1 is 1.00 bits per heavy atom. The number of anilines is 1. The van der Waals surface area contributed by atoms with E-state index in [4.69, 9.17) is 16.3 Å². The second-order valence-corrected chi connectivity index (χ2v) is 8.65. The highest BCUT2D eigenvalue weighted by molar-refractivity contribution is 6.30. The average molecular weight is 486 g/mol. The van der Waals surface area contributed by atoms with Crippen LogP contribution in [0.5, 0.6) is 0 Å². The van der Waals surface area contributed by atoms with Crippen molar-refractivity contribution >= 4 is 29.3 Å². The fourth-order valence-corrected chi connectivity index (χ4v) is 4.73. The van der Waals surface area contributed by atoms with E-state index in [0.717, 1.165) is 22.5 Å². The summed E-state index contributed by atoms with van der Waals surface area (Å²) in [5, 5.41) is 3.55. The maximum Gasteiger partial charge on any atom is 0.340 e. The zero-order valence-electron chi connectivity index (χ0n) is 19.1. The van der Waals surface area contributed by atoms with Gasteiger partial charge in [0.15, 0.2) is 0 Å². The number of urea groups is 1. The topological polar surface area (TPSA) is 63.6 Å². The number of amides is 2. The first-order valence-corrected chi connectivity index (χ1v) is 11.8. The number of hydrogen-bond donors (Lipinski definition) is 1. The molecule has 1 aromatic heterocycles. The molecule has 0 saturated carbocycles. The molecule has 4 aromatic rings. The molecule has 1 N–H and O–H groups in total. The second-order valence-electron chi connectivity index (χ2n) is 8.21. The zero-order chi connectivity index (χ0) is 24.4. The molecule has 3 aromatic carbocycles. The summed E-state index contributed by atoms with van der Waals surface area (Å²) in [4.78, 5) is 28.1. The Labute approximate surface area is 208 Å². The van der Waals surface area contributed by atoms with Crippen molar-refractivity contribution in [2.24, 2.45) is 0 Å². The Kier molecular flexibility index (Phi) is 6.29. The van der Waals surface area contributed by atoms with Gasteiger partial charge in [-0.25, -0.2) is 9.59 Å². The summed E-state index contributed by atoms with van der Waals surface area (Å²) >= 11 is 6.36. The number of aromatic nitrogens is 1. The summed E-state index contributed by atoms with van der Waals surface area (Å²) in [6.45, 7) is 2.36. The zero-order valence-corrected chi connectivity index (χ0v) is 19.9. The number of rotatable bonds is 4. The first-order chi connectivity index (χ1) is 17.1. The quantitative estimate of drug-likeness (QED) is 0.338. The van der Waals surface area contributed by atoms with E-state index in [-0.39, 0.29) is 12.6 Å². The summed E-state index contributed by atoms with van der Waals surface area (Å²) in [5.41, 5.74) is 4.55. The van der Waals surface area contributed by atoms with E-state index >= 15 is 0 Å². The first-order valence-electron chi connectivity index (χ1n) is 11.4. The number of hydrogen-bond acceptors (Lipinski definition) is 3. The Hall–Kier alpha value is -4.03. The van der Waals surface area contributed by atoms with Gasteiger partial charge in [0.2, 0.25) is 0 Å². The lowest BCUT2D eigenvalue weighted by Gasteiger charge is -2.31. The average Bonchev–Trinajstić information content (AvgIpc) is 3.28. The number of nitrogens with zero attached hydrogens (tertiary/aromatic N) is 2. The fraction of sp³-hybridized carbons (Fsp3) is 0.143. The van der Waals surface area contributed by atoms with Gasteiger partial charge in [0.25, 0.3) is 0 Å². The Morgan fingerprint density at radius 3 is 2.63 bits per heavy atom. The number of halogens is 1. The standard InChI is InChI=1S/C28H24ClN3O3/c1-2-35-27(33)22-12-4-5-13-23(22)30-28(34)32-18-20-9-3-6-14-24(20)31-16-8-15-25(31)26(32)19-10-7-11-21(29)17-19/h3-17,26H,2,18H2,1H3,(H,30,34)/t26-/m1/s1. The van der Waals surface area contributed by atoms with Crippen LogP contribution in [0.4, 0.5) is 10.5 Å². The predicted octanol–water partition coefficient (Wildman–Crippen LogP) is 6.44. The highest BCUT2D eigenvalue weighted by Gasteiger charge is 2.33. The number of carbonyl (C=O) groups is 2. The van der Waals surface area contributed by atoms with Gasteiger partial charge in [0.05, 0.1) is 36.1 Å². The lowest BCUT2D eigenvalue weighted by Crippen LogP contribution is -2.38. The highest BCUT2D eigenvalue weighted by Crippen LogP contribution is 2.37. The third-order valence-corrected chi connectivity index (χ3v) is 6.29. The Bertz CT molecular complexity index is 1400. The van der Waals surface area contributed by atoms with E-state index in [1.165, 1.54) is 0 Å². The van der Waals surface area contributed by atoms with Crippen molar-refractivity contribution in [3.63, 3.8) is 0 Å². The third kappa shape index (κ3) is 4.40. The van der Waals surface area contributed by atoms with Crippen LogP contribution in [0.15, 0.2) is 91.1 Å². The first kappa shape index (κ1) is 22.7. The lowest BCUT2D eigenvalue weighted by molar-refractivity contribution is 0.0527. The van der Waals surface area contributed by atoms with Crippen LogP contribution in [0, 0.1) is 0 Å². The van der Waals surface area contributed by atoms with Crippen LogP contribution in [0.25, 0.3) is 5.69 Å². The smallest absolute Gasteiger partial charge is 0.340 e. The molecule has 0 unspecified atom stereocenters. The summed E-state index contributed by atoms with van der Waals surface area (Å²) in [7, 11) is 0. The third-order valence-electron chi connectivity index (χ3n) is 6.05. The van der Waals surface area contributed by atoms with E-state index in [2.05, 4.69) is 9.88 Å². The molecule has 0 spiro atoms. The van der Waals surface area contributed by atoms with Crippen molar-refractivity contribution in [3.8, 4) is 5.69 Å². The number of benzene rings is 3. The van der Waals surface area contributed by atoms with Gasteiger partial charge in [-0.15, -0.1) is 0 Å². The van der Waals surface area contributed by atoms with Gasteiger partial charge < -0.3 is 19.5 Å². The molecular formula is C28H24ClN3O3. The Balaban J connectivity index is 1.60. The molecule has 2 amide bonds. The van der Waals surface area contributed by atoms with E-state index in [1.807, 2.05) is 66.9 Å². The van der Waals surface area contributed by atoms with Gasteiger partial charge in [-0.05, 0) is 60.5 Å². The minimum Gasteiger partial charge on any atom is -0.462 e. The van der Waals surface area contributed by atoms with Crippen molar-refractivity contribution in [1.82, 2.24) is 9.47 Å². The molecule has 5 rings (SSSR count). The molecule has 0 aliphatic carbocycles. The van der Waals surface area contributed by atoms with Crippen LogP contribution in [-0.4, -0.2) is 28.1 Å². The monoisotopic (exact) mass is 485 g/mol. The predicted molar refractivity (Wildman–Crippen MR) is 136 cm³/mol. The van der Waals surface area contributed by atoms with Crippen molar-refractivity contribution in [3.05, 3.63) is 119 Å². The molecule has 0 fully saturated rings. The van der Waals surface area contributed by atoms with Crippen LogP contribution in [0.3, 0.4) is 0 Å². The van der Waals surface area contributed by atoms with Crippen molar-refractivity contribution in [1.29, 1.82) is 0 Å². The number of carbonyl (C=O) groups excluding carboxylic acids is 2. The molecule has 2 heterocycles. The van der Waals surface area contributed by atoms with Gasteiger partial charge in [0, 0.05) is 16.9 Å². The van der Waals surface area contributed by atoms with Crippen LogP contribution < -0.4 is 5.32 Å². The summed E-state index contributed by atoms with van der Waals surface area (Å²) in [6.07, 6.45) is 2.00. The van der Waals surface area contributed by atoms with Crippen molar-refractivity contribution in [2.75, 3.05) is 11.9 Å². The Morgan fingerprint density at radius 2 is 1.80 bits per heavy atom. The number of ether oxygens (including phenoxy) is 1. The van der Waals surface area contributed by atoms with Crippen LogP contribution >= 0.6 is 11.6 Å². The SMILES string of the molecule is CCOC(=O)c1ccccc1NC(=O)N1Cc2ccccc2-n2cccc2[C@H]1c1cccc(Cl)c1. The maximum absolute atomic E-state index is 13.9. The molecule has 176 valence electrons. The molecule has 1 atom stereocenters. The molecule has 0 radical (unpaired) electrons. The molecule has 1 aliphatic rings. The van der Waals surface area contributed by atoms with E-state index < -0.39 is 12.0 Å². The highest BCUT2D eigenvalue weighted by atomic mass is 35.5. The molecular weight excluding hydrogens is 462 g/mol. The van der Waals surface area contributed by atoms with Crippen molar-refractivity contribution in [2.45, 2.75) is 19.5 Å². The van der Waals surface area contributed by atoms with Gasteiger partial charge in [0.1, 0.15) is 0 Å². The van der Waals surface area contributed by atoms with Crippen molar-refractivity contribution < 1.29 is 14.3 Å². The molecule has 35 heavy (non-hydrogen) atoms. The summed E-state index contributed by atoms with van der Waals surface area (Å²) in [6, 6.07) is 25.7.